The van der Waals surface area contributed by atoms with Gasteiger partial charge in [0.2, 0.25) is 0 Å². The zero-order valence-electron chi connectivity index (χ0n) is 20.0. The average molecular weight is 455 g/mol. The molecule has 0 saturated heterocycles. The summed E-state index contributed by atoms with van der Waals surface area (Å²) in [6.07, 6.45) is 4.66. The molecule has 4 heteroatoms. The first kappa shape index (κ1) is 24.7. The maximum absolute atomic E-state index is 13.1. The molecule has 34 heavy (non-hydrogen) atoms. The predicted octanol–water partition coefficient (Wildman–Crippen LogP) is 6.88. The summed E-state index contributed by atoms with van der Waals surface area (Å²) in [5, 5.41) is 0. The van der Waals surface area contributed by atoms with Crippen LogP contribution in [0.4, 0.5) is 0 Å². The Kier molecular flexibility index (Phi) is 7.85. The van der Waals surface area contributed by atoms with E-state index in [0.717, 1.165) is 16.7 Å². The van der Waals surface area contributed by atoms with E-state index in [4.69, 9.17) is 9.47 Å². The van der Waals surface area contributed by atoms with Crippen molar-refractivity contribution >= 4 is 11.9 Å². The molecule has 0 N–H and O–H groups in total. The maximum atomic E-state index is 13.1. The van der Waals surface area contributed by atoms with Gasteiger partial charge in [0.25, 0.3) is 0 Å². The molecule has 0 spiro atoms. The third-order valence-corrected chi connectivity index (χ3v) is 5.35. The van der Waals surface area contributed by atoms with E-state index >= 15 is 0 Å². The number of ether oxygens (including phenoxy) is 2. The van der Waals surface area contributed by atoms with Crippen molar-refractivity contribution in [3.05, 3.63) is 120 Å². The quantitative estimate of drug-likeness (QED) is 0.211. The fourth-order valence-corrected chi connectivity index (χ4v) is 3.47. The first-order valence-corrected chi connectivity index (χ1v) is 11.2. The largest absolute Gasteiger partial charge is 0.423 e. The zero-order valence-corrected chi connectivity index (χ0v) is 20.0. The Morgan fingerprint density at radius 3 is 1.53 bits per heavy atom. The van der Waals surface area contributed by atoms with Crippen LogP contribution in [0.3, 0.4) is 0 Å². The lowest BCUT2D eigenvalue weighted by Gasteiger charge is -2.21. The molecule has 0 bridgehead atoms. The van der Waals surface area contributed by atoms with Gasteiger partial charge in [-0.15, -0.1) is 13.2 Å². The number of rotatable bonds is 8. The molecule has 0 aromatic heterocycles. The minimum atomic E-state index is -0.538. The number of carbonyl (C=O) groups excluding carboxylic acids is 2. The third-order valence-electron chi connectivity index (χ3n) is 5.35. The van der Waals surface area contributed by atoms with E-state index in [1.165, 1.54) is 6.07 Å². The van der Waals surface area contributed by atoms with Gasteiger partial charge in [0.15, 0.2) is 0 Å². The number of para-hydroxylation sites is 2. The molecule has 0 saturated carbocycles. The van der Waals surface area contributed by atoms with Crippen molar-refractivity contribution in [2.45, 2.75) is 39.0 Å². The molecule has 0 amide bonds. The van der Waals surface area contributed by atoms with Gasteiger partial charge in [-0.05, 0) is 65.3 Å². The minimum absolute atomic E-state index is 0.284. The van der Waals surface area contributed by atoms with E-state index in [1.807, 2.05) is 57.2 Å². The molecule has 0 aliphatic carbocycles. The first-order chi connectivity index (χ1) is 16.2. The number of carbonyl (C=O) groups is 2. The Bertz CT molecular complexity index is 1130. The molecule has 0 aliphatic rings. The fraction of sp³-hybridized carbons (Fsp3) is 0.200. The summed E-state index contributed by atoms with van der Waals surface area (Å²) in [7, 11) is 0. The van der Waals surface area contributed by atoms with Gasteiger partial charge in [-0.25, -0.2) is 9.59 Å². The second kappa shape index (κ2) is 10.8. The maximum Gasteiger partial charge on any atom is 0.343 e. The summed E-state index contributed by atoms with van der Waals surface area (Å²) in [6.45, 7) is 13.6. The van der Waals surface area contributed by atoms with Gasteiger partial charge >= 0.3 is 11.9 Å². The van der Waals surface area contributed by atoms with Crippen molar-refractivity contribution in [2.75, 3.05) is 0 Å². The predicted molar refractivity (Wildman–Crippen MR) is 136 cm³/mol. The molecule has 4 nitrogen and oxygen atoms in total. The summed E-state index contributed by atoms with van der Waals surface area (Å²) in [5.74, 6) is -0.139. The normalized spacial score (nSPS) is 10.9. The third kappa shape index (κ3) is 6.10. The molecule has 0 aliphatic heterocycles. The number of benzene rings is 3. The van der Waals surface area contributed by atoms with E-state index in [1.54, 1.807) is 36.4 Å². The molecule has 0 radical (unpaired) electrons. The topological polar surface area (TPSA) is 52.6 Å². The standard InChI is InChI=1S/C30H30O4/c1-6-12-21-14-8-10-16-26(21)33-28(31)23-18-24(20-25(19-23)30(3,4)5)29(32)34-27-17-11-9-15-22(27)13-7-2/h6-11,14-20H,1-2,12-13H2,3-5H3. The van der Waals surface area contributed by atoms with Crippen LogP contribution in [0.2, 0.25) is 0 Å². The molecule has 0 unspecified atom stereocenters. The summed E-state index contributed by atoms with van der Waals surface area (Å²) >= 11 is 0. The van der Waals surface area contributed by atoms with Crippen molar-refractivity contribution in [1.82, 2.24) is 0 Å². The van der Waals surface area contributed by atoms with Crippen LogP contribution in [0.5, 0.6) is 11.5 Å². The lowest BCUT2D eigenvalue weighted by molar-refractivity contribution is 0.0733. The number of allylic oxidation sites excluding steroid dienone is 2. The van der Waals surface area contributed by atoms with Crippen LogP contribution < -0.4 is 9.47 Å². The monoisotopic (exact) mass is 454 g/mol. The van der Waals surface area contributed by atoms with E-state index in [2.05, 4.69) is 13.2 Å². The number of esters is 2. The SMILES string of the molecule is C=CCc1ccccc1OC(=O)c1cc(C(=O)Oc2ccccc2CC=C)cc(C(C)(C)C)c1. The highest BCUT2D eigenvalue weighted by Gasteiger charge is 2.22. The van der Waals surface area contributed by atoms with Crippen molar-refractivity contribution < 1.29 is 19.1 Å². The Morgan fingerprint density at radius 1 is 0.735 bits per heavy atom. The van der Waals surface area contributed by atoms with Gasteiger partial charge in [0, 0.05) is 0 Å². The second-order valence-corrected chi connectivity index (χ2v) is 9.03. The summed E-state index contributed by atoms with van der Waals surface area (Å²) in [6, 6.07) is 19.7. The average Bonchev–Trinajstić information content (AvgIpc) is 2.81. The number of hydrogen-bond donors (Lipinski definition) is 0. The lowest BCUT2D eigenvalue weighted by Crippen LogP contribution is -2.18. The van der Waals surface area contributed by atoms with Gasteiger partial charge in [-0.3, -0.25) is 0 Å². The molecule has 3 aromatic carbocycles. The Balaban J connectivity index is 1.96. The minimum Gasteiger partial charge on any atom is -0.423 e. The highest BCUT2D eigenvalue weighted by Crippen LogP contribution is 2.28. The van der Waals surface area contributed by atoms with Crippen molar-refractivity contribution in [1.29, 1.82) is 0 Å². The summed E-state index contributed by atoms with van der Waals surface area (Å²) in [5.41, 5.74) is 2.81. The Hall–Kier alpha value is -3.92. The highest BCUT2D eigenvalue weighted by molar-refractivity contribution is 5.97. The molecule has 3 rings (SSSR count). The second-order valence-electron chi connectivity index (χ2n) is 9.03. The van der Waals surface area contributed by atoms with E-state index < -0.39 is 11.9 Å². The molecule has 174 valence electrons. The van der Waals surface area contributed by atoms with Gasteiger partial charge in [0.1, 0.15) is 11.5 Å². The zero-order chi connectivity index (χ0) is 24.7. The van der Waals surface area contributed by atoms with Gasteiger partial charge in [-0.1, -0.05) is 69.3 Å². The van der Waals surface area contributed by atoms with Gasteiger partial charge < -0.3 is 9.47 Å². The Labute approximate surface area is 201 Å². The summed E-state index contributed by atoms with van der Waals surface area (Å²) < 4.78 is 11.4. The van der Waals surface area contributed by atoms with Crippen LogP contribution in [-0.4, -0.2) is 11.9 Å². The lowest BCUT2D eigenvalue weighted by atomic mass is 9.85. The van der Waals surface area contributed by atoms with E-state index in [-0.39, 0.29) is 16.5 Å². The fourth-order valence-electron chi connectivity index (χ4n) is 3.47. The molecular weight excluding hydrogens is 424 g/mol. The van der Waals surface area contributed by atoms with Crippen molar-refractivity contribution in [3.8, 4) is 11.5 Å². The smallest absolute Gasteiger partial charge is 0.343 e. The van der Waals surface area contributed by atoms with Gasteiger partial charge in [0.05, 0.1) is 11.1 Å². The summed E-state index contributed by atoms with van der Waals surface area (Å²) in [4.78, 5) is 26.2. The van der Waals surface area contributed by atoms with Crippen LogP contribution in [-0.2, 0) is 18.3 Å². The van der Waals surface area contributed by atoms with Crippen LogP contribution in [0.25, 0.3) is 0 Å². The van der Waals surface area contributed by atoms with Crippen molar-refractivity contribution in [3.63, 3.8) is 0 Å². The Morgan fingerprint density at radius 2 is 1.15 bits per heavy atom. The molecule has 0 heterocycles. The van der Waals surface area contributed by atoms with Crippen LogP contribution in [0.15, 0.2) is 92.0 Å². The molecular formula is C30H30O4. The molecule has 3 aromatic rings. The van der Waals surface area contributed by atoms with E-state index in [0.29, 0.717) is 24.3 Å². The van der Waals surface area contributed by atoms with Crippen LogP contribution in [0, 0.1) is 0 Å². The van der Waals surface area contributed by atoms with Crippen LogP contribution in [0.1, 0.15) is 58.2 Å². The first-order valence-electron chi connectivity index (χ1n) is 11.2. The van der Waals surface area contributed by atoms with E-state index in [9.17, 15) is 9.59 Å². The van der Waals surface area contributed by atoms with Gasteiger partial charge in [-0.2, -0.15) is 0 Å². The highest BCUT2D eigenvalue weighted by atomic mass is 16.5. The molecule has 0 atom stereocenters. The van der Waals surface area contributed by atoms with Crippen LogP contribution >= 0.6 is 0 Å². The van der Waals surface area contributed by atoms with Crippen molar-refractivity contribution in [2.24, 2.45) is 0 Å². The molecule has 0 fully saturated rings. The number of hydrogen-bond acceptors (Lipinski definition) is 4.